The average molecular weight is 479 g/mol. The van der Waals surface area contributed by atoms with Crippen molar-refractivity contribution >= 4 is 23.1 Å². The first-order valence-electron chi connectivity index (χ1n) is 11.1. The lowest BCUT2D eigenvalue weighted by molar-refractivity contribution is -0.147. The lowest BCUT2D eigenvalue weighted by Crippen LogP contribution is -2.57. The molecular formula is C26H22FNO7. The van der Waals surface area contributed by atoms with Crippen LogP contribution in [0.5, 0.6) is 5.75 Å². The Morgan fingerprint density at radius 2 is 1.89 bits per heavy atom. The number of phenols is 1. The van der Waals surface area contributed by atoms with Crippen molar-refractivity contribution in [1.82, 2.24) is 4.98 Å². The number of aromatic nitrogens is 1. The van der Waals surface area contributed by atoms with Gasteiger partial charge in [-0.2, -0.15) is 4.39 Å². The largest absolute Gasteiger partial charge is 0.508 e. The van der Waals surface area contributed by atoms with Crippen LogP contribution in [0.4, 0.5) is 4.39 Å². The minimum atomic E-state index is -2.53. The van der Waals surface area contributed by atoms with Gasteiger partial charge in [-0.1, -0.05) is 0 Å². The number of aryl methyl sites for hydroxylation is 1. The van der Waals surface area contributed by atoms with E-state index in [1.807, 2.05) is 0 Å². The maximum atomic E-state index is 13.6. The Morgan fingerprint density at radius 1 is 1.17 bits per heavy atom. The van der Waals surface area contributed by atoms with Crippen LogP contribution < -0.4 is 0 Å². The molecule has 0 aliphatic heterocycles. The predicted molar refractivity (Wildman–Crippen MR) is 121 cm³/mol. The summed E-state index contributed by atoms with van der Waals surface area (Å²) in [4.78, 5) is 41.7. The third-order valence-corrected chi connectivity index (χ3v) is 7.40. The van der Waals surface area contributed by atoms with Gasteiger partial charge in [0.15, 0.2) is 17.2 Å². The number of carbonyl (C=O) groups excluding carboxylic acids is 3. The molecule has 1 aromatic heterocycles. The lowest BCUT2D eigenvalue weighted by Gasteiger charge is -2.46. The summed E-state index contributed by atoms with van der Waals surface area (Å²) in [6.07, 6.45) is 1.25. The number of aliphatic hydroxyl groups is 3. The molecule has 2 aromatic rings. The number of hydrogen-bond acceptors (Lipinski definition) is 8. The molecule has 0 saturated heterocycles. The fourth-order valence-electron chi connectivity index (χ4n) is 5.73. The van der Waals surface area contributed by atoms with Gasteiger partial charge in [-0.25, -0.2) is 4.98 Å². The zero-order valence-electron chi connectivity index (χ0n) is 18.9. The third-order valence-electron chi connectivity index (χ3n) is 7.40. The Labute approximate surface area is 199 Å². The van der Waals surface area contributed by atoms with Crippen LogP contribution in [-0.2, 0) is 20.8 Å². The van der Waals surface area contributed by atoms with Gasteiger partial charge in [-0.15, -0.1) is 0 Å². The normalized spacial score (nSPS) is 25.8. The SMILES string of the molecule is CC(=O)C1=C(O)[C@@]2(O)C(=O)C3=C(O)c4c(O)c(C)cc(-c5ccc(F)nc5)c4C[C@H]3C[C@H]2CC1=O. The van der Waals surface area contributed by atoms with Crippen molar-refractivity contribution in [2.45, 2.75) is 38.7 Å². The number of fused-ring (bicyclic) bond motifs is 3. The van der Waals surface area contributed by atoms with Gasteiger partial charge in [-0.3, -0.25) is 14.4 Å². The molecule has 0 spiro atoms. The summed E-state index contributed by atoms with van der Waals surface area (Å²) in [5.41, 5.74) is -1.29. The van der Waals surface area contributed by atoms with E-state index >= 15 is 0 Å². The molecule has 9 heteroatoms. The van der Waals surface area contributed by atoms with Crippen LogP contribution in [0.2, 0.25) is 0 Å². The number of benzene rings is 1. The maximum absolute atomic E-state index is 13.6. The van der Waals surface area contributed by atoms with E-state index in [2.05, 4.69) is 4.98 Å². The van der Waals surface area contributed by atoms with Crippen LogP contribution in [0, 0.1) is 24.7 Å². The summed E-state index contributed by atoms with van der Waals surface area (Å²) in [5.74, 6) is -6.52. The lowest BCUT2D eigenvalue weighted by atomic mass is 9.59. The quantitative estimate of drug-likeness (QED) is 0.380. The Balaban J connectivity index is 1.73. The molecule has 1 saturated carbocycles. The second kappa shape index (κ2) is 7.58. The Bertz CT molecular complexity index is 1410. The van der Waals surface area contributed by atoms with Gasteiger partial charge >= 0.3 is 0 Å². The molecule has 35 heavy (non-hydrogen) atoms. The van der Waals surface area contributed by atoms with E-state index in [9.17, 15) is 39.2 Å². The molecule has 3 atom stereocenters. The second-order valence-corrected chi connectivity index (χ2v) is 9.41. The van der Waals surface area contributed by atoms with Crippen molar-refractivity contribution in [2.75, 3.05) is 0 Å². The van der Waals surface area contributed by atoms with E-state index in [0.29, 0.717) is 22.3 Å². The highest BCUT2D eigenvalue weighted by Crippen LogP contribution is 2.53. The van der Waals surface area contributed by atoms with Crippen LogP contribution in [0.25, 0.3) is 16.9 Å². The number of aromatic hydroxyl groups is 1. The van der Waals surface area contributed by atoms with Gasteiger partial charge in [-0.05, 0) is 67.5 Å². The van der Waals surface area contributed by atoms with Gasteiger partial charge in [0.1, 0.15) is 22.8 Å². The predicted octanol–water partition coefficient (Wildman–Crippen LogP) is 3.04. The fourth-order valence-corrected chi connectivity index (χ4v) is 5.73. The number of allylic oxidation sites excluding steroid dienone is 1. The second-order valence-electron chi connectivity index (χ2n) is 9.41. The van der Waals surface area contributed by atoms with Crippen molar-refractivity contribution in [3.05, 3.63) is 63.9 Å². The maximum Gasteiger partial charge on any atom is 0.212 e. The zero-order chi connectivity index (χ0) is 25.4. The molecule has 3 aliphatic rings. The highest BCUT2D eigenvalue weighted by Gasteiger charge is 2.60. The van der Waals surface area contributed by atoms with Crippen molar-refractivity contribution in [3.63, 3.8) is 0 Å². The van der Waals surface area contributed by atoms with Crippen LogP contribution >= 0.6 is 0 Å². The van der Waals surface area contributed by atoms with Crippen molar-refractivity contribution in [3.8, 4) is 16.9 Å². The number of carbonyl (C=O) groups is 3. The first kappa shape index (κ1) is 22.9. The minimum Gasteiger partial charge on any atom is -0.508 e. The topological polar surface area (TPSA) is 145 Å². The van der Waals surface area contributed by atoms with Crippen LogP contribution in [0.15, 0.2) is 41.3 Å². The van der Waals surface area contributed by atoms with Gasteiger partial charge in [0.25, 0.3) is 0 Å². The first-order valence-corrected chi connectivity index (χ1v) is 11.1. The standard InChI is InChI=1S/C26H22FNO7/c1-10-5-15(12-3-4-18(27)28-9-12)16-7-13-6-14-8-17(30)19(11(2)29)24(33)26(14,35)25(34)20(13)23(32)21(16)22(10)31/h3-5,9,13-14,31-33,35H,6-8H2,1-2H3/t13-,14+,26-/m1/s1. The smallest absolute Gasteiger partial charge is 0.212 e. The van der Waals surface area contributed by atoms with Gasteiger partial charge < -0.3 is 20.4 Å². The number of aliphatic hydroxyl groups excluding tert-OH is 2. The van der Waals surface area contributed by atoms with Gasteiger partial charge in [0.05, 0.1) is 5.56 Å². The molecule has 5 rings (SSSR count). The van der Waals surface area contributed by atoms with E-state index in [0.717, 1.165) is 6.92 Å². The molecule has 1 heterocycles. The minimum absolute atomic E-state index is 0.00752. The molecule has 1 aromatic carbocycles. The number of Topliss-reactive ketones (excluding diaryl/α,β-unsaturated/α-hetero) is 3. The van der Waals surface area contributed by atoms with Crippen LogP contribution in [-0.4, -0.2) is 48.4 Å². The Hall–Kier alpha value is -3.85. The molecule has 180 valence electrons. The summed E-state index contributed by atoms with van der Waals surface area (Å²) in [5, 5.41) is 44.1. The van der Waals surface area contributed by atoms with Crippen LogP contribution in [0.1, 0.15) is 36.5 Å². The first-order chi connectivity index (χ1) is 16.5. The van der Waals surface area contributed by atoms with E-state index in [-0.39, 0.29) is 36.1 Å². The summed E-state index contributed by atoms with van der Waals surface area (Å²) in [7, 11) is 0. The van der Waals surface area contributed by atoms with Crippen LogP contribution in [0.3, 0.4) is 0 Å². The van der Waals surface area contributed by atoms with E-state index in [4.69, 9.17) is 0 Å². The molecule has 0 bridgehead atoms. The molecule has 0 radical (unpaired) electrons. The highest BCUT2D eigenvalue weighted by atomic mass is 19.1. The number of ketones is 3. The number of hydrogen-bond donors (Lipinski definition) is 4. The van der Waals surface area contributed by atoms with E-state index < -0.39 is 57.8 Å². The van der Waals surface area contributed by atoms with E-state index in [1.54, 1.807) is 13.0 Å². The van der Waals surface area contributed by atoms with Crippen molar-refractivity contribution < 1.29 is 39.2 Å². The fraction of sp³-hybridized carbons (Fsp3) is 0.308. The number of phenolic OH excluding ortho intramolecular Hbond substituents is 1. The third kappa shape index (κ3) is 3.07. The molecule has 3 aliphatic carbocycles. The van der Waals surface area contributed by atoms with Gasteiger partial charge in [0, 0.05) is 29.7 Å². The number of rotatable bonds is 2. The molecular weight excluding hydrogens is 457 g/mol. The van der Waals surface area contributed by atoms with Gasteiger partial charge in [0.2, 0.25) is 11.7 Å². The molecule has 4 N–H and O–H groups in total. The Kier molecular flexibility index (Phi) is 4.96. The van der Waals surface area contributed by atoms with E-state index in [1.165, 1.54) is 18.3 Å². The van der Waals surface area contributed by atoms with Crippen molar-refractivity contribution in [2.24, 2.45) is 11.8 Å². The van der Waals surface area contributed by atoms with Crippen molar-refractivity contribution in [1.29, 1.82) is 0 Å². The number of nitrogens with zero attached hydrogens (tertiary/aromatic N) is 1. The summed E-state index contributed by atoms with van der Waals surface area (Å²) >= 11 is 0. The number of pyridine rings is 1. The Morgan fingerprint density at radius 3 is 2.51 bits per heavy atom. The molecule has 1 fully saturated rings. The zero-order valence-corrected chi connectivity index (χ0v) is 18.9. The molecule has 8 nitrogen and oxygen atoms in total. The highest BCUT2D eigenvalue weighted by molar-refractivity contribution is 6.23. The summed E-state index contributed by atoms with van der Waals surface area (Å²) in [6, 6.07) is 4.38. The summed E-state index contributed by atoms with van der Waals surface area (Å²) in [6.45, 7) is 2.66. The number of halogens is 1. The average Bonchev–Trinajstić information content (AvgIpc) is 2.79. The molecule has 0 amide bonds. The summed E-state index contributed by atoms with van der Waals surface area (Å²) < 4.78 is 13.4. The monoisotopic (exact) mass is 479 g/mol. The molecule has 0 unspecified atom stereocenters.